The molecule has 3 fully saturated rings. The van der Waals surface area contributed by atoms with Crippen molar-refractivity contribution in [2.24, 2.45) is 11.8 Å². The predicted molar refractivity (Wildman–Crippen MR) is 137 cm³/mol. The van der Waals surface area contributed by atoms with E-state index >= 15 is 0 Å². The van der Waals surface area contributed by atoms with Gasteiger partial charge in [-0.2, -0.15) is 0 Å². The number of nitrogens with one attached hydrogen (secondary N) is 1. The highest BCUT2D eigenvalue weighted by Gasteiger charge is 2.49. The Bertz CT molecular complexity index is 1220. The van der Waals surface area contributed by atoms with E-state index < -0.39 is 0 Å². The minimum absolute atomic E-state index is 0.0320. The van der Waals surface area contributed by atoms with Gasteiger partial charge < -0.3 is 29.0 Å². The van der Waals surface area contributed by atoms with Crippen molar-refractivity contribution in [2.75, 3.05) is 50.9 Å². The van der Waals surface area contributed by atoms with Crippen LogP contribution in [0.25, 0.3) is 11.3 Å². The van der Waals surface area contributed by atoms with Crippen LogP contribution in [0.15, 0.2) is 29.1 Å². The molecule has 4 heterocycles. The van der Waals surface area contributed by atoms with Crippen LogP contribution in [0.5, 0.6) is 5.88 Å². The maximum absolute atomic E-state index is 12.9. The second-order valence-corrected chi connectivity index (χ2v) is 10.6. The third kappa shape index (κ3) is 4.56. The average Bonchev–Trinajstić information content (AvgIpc) is 3.71. The van der Waals surface area contributed by atoms with Gasteiger partial charge in [-0.15, -0.1) is 0 Å². The number of ether oxygens (including phenoxy) is 3. The summed E-state index contributed by atoms with van der Waals surface area (Å²) in [6, 6.07) is 8.19. The van der Waals surface area contributed by atoms with E-state index in [0.717, 1.165) is 62.4 Å². The van der Waals surface area contributed by atoms with Gasteiger partial charge in [0.2, 0.25) is 5.24 Å². The van der Waals surface area contributed by atoms with Crippen molar-refractivity contribution in [1.82, 2.24) is 9.88 Å². The number of benzene rings is 1. The molecule has 3 unspecified atom stereocenters. The summed E-state index contributed by atoms with van der Waals surface area (Å²) in [6.45, 7) is 7.80. The zero-order valence-corrected chi connectivity index (χ0v) is 21.3. The van der Waals surface area contributed by atoms with Crippen LogP contribution in [0.4, 0.5) is 5.69 Å². The summed E-state index contributed by atoms with van der Waals surface area (Å²) in [4.78, 5) is 26.8. The Hall–Kier alpha value is -2.39. The van der Waals surface area contributed by atoms with Crippen LogP contribution in [0.1, 0.15) is 17.5 Å². The van der Waals surface area contributed by atoms with Gasteiger partial charge in [-0.25, -0.2) is 0 Å². The maximum Gasteiger partial charge on any atom is 0.225 e. The Balaban J connectivity index is 1.20. The van der Waals surface area contributed by atoms with E-state index in [1.807, 2.05) is 6.92 Å². The molecule has 1 aliphatic carbocycles. The van der Waals surface area contributed by atoms with Gasteiger partial charge in [0.25, 0.3) is 0 Å². The Morgan fingerprint density at radius 3 is 2.81 bits per heavy atom. The summed E-state index contributed by atoms with van der Waals surface area (Å²) in [5.41, 5.74) is 5.25. The lowest BCUT2D eigenvalue weighted by Crippen LogP contribution is -2.43. The van der Waals surface area contributed by atoms with Gasteiger partial charge in [0.1, 0.15) is 12.7 Å². The molecule has 1 aromatic carbocycles. The smallest absolute Gasteiger partial charge is 0.225 e. The molecular formula is C27H32ClN3O5. The molecule has 4 atom stereocenters. The van der Waals surface area contributed by atoms with Gasteiger partial charge in [0.15, 0.2) is 11.3 Å². The molecule has 2 aromatic rings. The molecule has 36 heavy (non-hydrogen) atoms. The number of fused-ring (bicyclic) bond motifs is 3. The van der Waals surface area contributed by atoms with Gasteiger partial charge in [0, 0.05) is 61.5 Å². The molecule has 1 N–H and O–H groups in total. The second-order valence-electron chi connectivity index (χ2n) is 10.3. The minimum Gasteiger partial charge on any atom is -0.476 e. The molecule has 9 heteroatoms. The quantitative estimate of drug-likeness (QED) is 0.594. The molecule has 0 radical (unpaired) electrons. The van der Waals surface area contributed by atoms with Gasteiger partial charge in [-0.1, -0.05) is 6.07 Å². The van der Waals surface area contributed by atoms with Crippen molar-refractivity contribution >= 4 is 22.5 Å². The lowest BCUT2D eigenvalue weighted by atomic mass is 9.94. The summed E-state index contributed by atoms with van der Waals surface area (Å²) >= 11 is 5.65. The maximum atomic E-state index is 12.9. The number of piperazine rings is 1. The number of pyridine rings is 1. The average molecular weight is 514 g/mol. The van der Waals surface area contributed by atoms with Crippen LogP contribution in [0, 0.1) is 18.8 Å². The van der Waals surface area contributed by atoms with Crippen molar-refractivity contribution in [3.05, 3.63) is 45.6 Å². The van der Waals surface area contributed by atoms with E-state index in [0.29, 0.717) is 19.1 Å². The van der Waals surface area contributed by atoms with E-state index in [1.165, 1.54) is 11.3 Å². The molecule has 1 saturated carbocycles. The Labute approximate surface area is 215 Å². The SMILES string of the molecule is Cc1c2n(c(OC[C@@H]3COCC(C4CC4C(=O)Cl)O3)cc1=O)CCc1cc(N3CCNCC3)ccc1-2. The first kappa shape index (κ1) is 24.0. The second kappa shape index (κ2) is 9.82. The lowest BCUT2D eigenvalue weighted by Gasteiger charge is -2.32. The number of carbonyl (C=O) groups is 1. The third-order valence-electron chi connectivity index (χ3n) is 7.93. The van der Waals surface area contributed by atoms with Crippen molar-refractivity contribution in [2.45, 2.75) is 38.5 Å². The van der Waals surface area contributed by atoms with Gasteiger partial charge in [-0.3, -0.25) is 9.59 Å². The van der Waals surface area contributed by atoms with Gasteiger partial charge in [0.05, 0.1) is 25.0 Å². The number of rotatable bonds is 6. The summed E-state index contributed by atoms with van der Waals surface area (Å²) in [7, 11) is 0. The van der Waals surface area contributed by atoms with Crippen LogP contribution in [0.3, 0.4) is 0 Å². The first-order chi connectivity index (χ1) is 17.5. The van der Waals surface area contributed by atoms with Crippen LogP contribution >= 0.6 is 11.6 Å². The zero-order valence-electron chi connectivity index (χ0n) is 20.5. The van der Waals surface area contributed by atoms with E-state index in [-0.39, 0.29) is 41.3 Å². The largest absolute Gasteiger partial charge is 0.476 e. The molecule has 6 rings (SSSR count). The number of carbonyl (C=O) groups excluding carboxylic acids is 1. The molecule has 8 nitrogen and oxygen atoms in total. The summed E-state index contributed by atoms with van der Waals surface area (Å²) in [5, 5.41) is 3.11. The van der Waals surface area contributed by atoms with Crippen LogP contribution in [0.2, 0.25) is 0 Å². The first-order valence-electron chi connectivity index (χ1n) is 12.9. The van der Waals surface area contributed by atoms with Crippen molar-refractivity contribution in [3.8, 4) is 17.1 Å². The highest BCUT2D eigenvalue weighted by Crippen LogP contribution is 2.45. The monoisotopic (exact) mass is 513 g/mol. The normalized spacial score (nSPS) is 27.2. The van der Waals surface area contributed by atoms with Crippen LogP contribution in [-0.4, -0.2) is 68.0 Å². The number of aromatic nitrogens is 1. The van der Waals surface area contributed by atoms with Crippen LogP contribution < -0.4 is 20.4 Å². The molecule has 2 saturated heterocycles. The molecule has 0 amide bonds. The molecule has 0 spiro atoms. The topological polar surface area (TPSA) is 82.0 Å². The Kier molecular flexibility index (Phi) is 6.54. The fourth-order valence-corrected chi connectivity index (χ4v) is 6.06. The highest BCUT2D eigenvalue weighted by molar-refractivity contribution is 6.64. The lowest BCUT2D eigenvalue weighted by molar-refractivity contribution is -0.156. The molecule has 4 aliphatic rings. The summed E-state index contributed by atoms with van der Waals surface area (Å²) < 4.78 is 20.2. The summed E-state index contributed by atoms with van der Waals surface area (Å²) in [6.07, 6.45) is 1.22. The summed E-state index contributed by atoms with van der Waals surface area (Å²) in [5.74, 6) is 0.549. The number of hydrogen-bond acceptors (Lipinski definition) is 7. The number of aryl methyl sites for hydroxylation is 1. The zero-order chi connectivity index (χ0) is 24.8. The minimum atomic E-state index is -0.298. The Morgan fingerprint density at radius 2 is 2.03 bits per heavy atom. The van der Waals surface area contributed by atoms with Crippen molar-refractivity contribution in [1.29, 1.82) is 0 Å². The number of nitrogens with zero attached hydrogens (tertiary/aromatic N) is 2. The molecule has 0 bridgehead atoms. The van der Waals surface area contributed by atoms with E-state index in [2.05, 4.69) is 33.0 Å². The van der Waals surface area contributed by atoms with Crippen LogP contribution in [-0.2, 0) is 27.2 Å². The van der Waals surface area contributed by atoms with E-state index in [4.69, 9.17) is 25.8 Å². The predicted octanol–water partition coefficient (Wildman–Crippen LogP) is 2.35. The Morgan fingerprint density at radius 1 is 1.19 bits per heavy atom. The number of hydrogen-bond donors (Lipinski definition) is 1. The number of anilines is 1. The van der Waals surface area contributed by atoms with E-state index in [1.54, 1.807) is 6.07 Å². The fraction of sp³-hybridized carbons (Fsp3) is 0.556. The van der Waals surface area contributed by atoms with Gasteiger partial charge in [-0.05, 0) is 55.0 Å². The molecular weight excluding hydrogens is 482 g/mol. The number of halogens is 1. The van der Waals surface area contributed by atoms with E-state index in [9.17, 15) is 9.59 Å². The standard InChI is InChI=1S/C27H32ClN3O5/c1-16-23(32)12-25(35-14-19-13-34-15-24(36-19)21-11-22(21)27(28)33)31-7-4-17-10-18(2-3-20(17)26(16)31)30-8-5-29-6-9-30/h2-3,10,12,19,21-22,24,29H,4-9,11,13-15H2,1H3/t19-,21?,22?,24?/m0/s1. The van der Waals surface area contributed by atoms with Crippen molar-refractivity contribution < 1.29 is 19.0 Å². The fourth-order valence-electron chi connectivity index (χ4n) is 5.80. The van der Waals surface area contributed by atoms with Crippen molar-refractivity contribution in [3.63, 3.8) is 0 Å². The molecule has 3 aliphatic heterocycles. The third-order valence-corrected chi connectivity index (χ3v) is 8.21. The molecule has 1 aromatic heterocycles. The molecule has 192 valence electrons. The highest BCUT2D eigenvalue weighted by atomic mass is 35.5. The van der Waals surface area contributed by atoms with Gasteiger partial charge >= 0.3 is 0 Å². The first-order valence-corrected chi connectivity index (χ1v) is 13.3.